The number of nitrogens with one attached hydrogen (secondary N) is 1. The second-order valence-corrected chi connectivity index (χ2v) is 6.23. The lowest BCUT2D eigenvalue weighted by molar-refractivity contribution is -0.116. The van der Waals surface area contributed by atoms with Gasteiger partial charge in [-0.15, -0.1) is 11.3 Å². The van der Waals surface area contributed by atoms with Gasteiger partial charge in [-0.25, -0.2) is 4.98 Å². The Balaban J connectivity index is 1.72. The average molecular weight is 266 g/mol. The SMILES string of the molecule is CCCc1cnc(NC(=O)CCC2CCCC2)s1. The van der Waals surface area contributed by atoms with Gasteiger partial charge in [0.05, 0.1) is 0 Å². The molecule has 1 fully saturated rings. The van der Waals surface area contributed by atoms with Gasteiger partial charge in [-0.3, -0.25) is 4.79 Å². The van der Waals surface area contributed by atoms with Crippen LogP contribution in [-0.4, -0.2) is 10.9 Å². The molecule has 1 aliphatic carbocycles. The minimum Gasteiger partial charge on any atom is -0.302 e. The van der Waals surface area contributed by atoms with Crippen molar-refractivity contribution in [2.75, 3.05) is 5.32 Å². The predicted molar refractivity (Wildman–Crippen MR) is 75.9 cm³/mol. The van der Waals surface area contributed by atoms with Crippen LogP contribution in [0.1, 0.15) is 56.7 Å². The molecule has 2 rings (SSSR count). The topological polar surface area (TPSA) is 42.0 Å². The average Bonchev–Trinajstić information content (AvgIpc) is 2.99. The van der Waals surface area contributed by atoms with Crippen molar-refractivity contribution in [1.82, 2.24) is 4.98 Å². The third-order valence-corrected chi connectivity index (χ3v) is 4.52. The van der Waals surface area contributed by atoms with E-state index < -0.39 is 0 Å². The molecule has 1 heterocycles. The van der Waals surface area contributed by atoms with Crippen LogP contribution in [0.15, 0.2) is 6.20 Å². The Morgan fingerprint density at radius 3 is 3.00 bits per heavy atom. The Kier molecular flexibility index (Phi) is 5.17. The number of aromatic nitrogens is 1. The van der Waals surface area contributed by atoms with Gasteiger partial charge in [0.1, 0.15) is 0 Å². The molecule has 1 saturated carbocycles. The van der Waals surface area contributed by atoms with E-state index in [9.17, 15) is 4.79 Å². The number of thiazole rings is 1. The van der Waals surface area contributed by atoms with Crippen molar-refractivity contribution in [3.63, 3.8) is 0 Å². The van der Waals surface area contributed by atoms with E-state index in [1.54, 1.807) is 11.3 Å². The Labute approximate surface area is 113 Å². The molecule has 18 heavy (non-hydrogen) atoms. The molecule has 0 atom stereocenters. The Morgan fingerprint density at radius 1 is 1.50 bits per heavy atom. The van der Waals surface area contributed by atoms with Gasteiger partial charge in [-0.1, -0.05) is 39.0 Å². The first kappa shape index (κ1) is 13.5. The van der Waals surface area contributed by atoms with Crippen LogP contribution in [-0.2, 0) is 11.2 Å². The largest absolute Gasteiger partial charge is 0.302 e. The third-order valence-electron chi connectivity index (χ3n) is 3.55. The summed E-state index contributed by atoms with van der Waals surface area (Å²) < 4.78 is 0. The van der Waals surface area contributed by atoms with Crippen LogP contribution in [0.25, 0.3) is 0 Å². The van der Waals surface area contributed by atoms with E-state index in [-0.39, 0.29) is 5.91 Å². The highest BCUT2D eigenvalue weighted by atomic mass is 32.1. The van der Waals surface area contributed by atoms with E-state index in [2.05, 4.69) is 17.2 Å². The number of amides is 1. The number of hydrogen-bond donors (Lipinski definition) is 1. The highest BCUT2D eigenvalue weighted by molar-refractivity contribution is 7.15. The molecule has 0 unspecified atom stereocenters. The monoisotopic (exact) mass is 266 g/mol. The van der Waals surface area contributed by atoms with Crippen LogP contribution in [0.2, 0.25) is 0 Å². The lowest BCUT2D eigenvalue weighted by Crippen LogP contribution is -2.12. The van der Waals surface area contributed by atoms with Gasteiger partial charge < -0.3 is 5.32 Å². The molecule has 1 amide bonds. The summed E-state index contributed by atoms with van der Waals surface area (Å²) in [5.74, 6) is 0.905. The van der Waals surface area contributed by atoms with Crippen LogP contribution in [0.3, 0.4) is 0 Å². The lowest BCUT2D eigenvalue weighted by atomic mass is 10.0. The zero-order valence-corrected chi connectivity index (χ0v) is 11.9. The quantitative estimate of drug-likeness (QED) is 0.845. The smallest absolute Gasteiger partial charge is 0.226 e. The first-order chi connectivity index (χ1) is 8.78. The molecule has 0 aliphatic heterocycles. The second kappa shape index (κ2) is 6.88. The van der Waals surface area contributed by atoms with Crippen molar-refractivity contribution >= 4 is 22.4 Å². The summed E-state index contributed by atoms with van der Waals surface area (Å²) in [5.41, 5.74) is 0. The molecule has 0 radical (unpaired) electrons. The van der Waals surface area contributed by atoms with Crippen LogP contribution in [0.5, 0.6) is 0 Å². The number of rotatable bonds is 6. The Bertz CT molecular complexity index is 383. The highest BCUT2D eigenvalue weighted by Gasteiger charge is 2.16. The highest BCUT2D eigenvalue weighted by Crippen LogP contribution is 2.28. The summed E-state index contributed by atoms with van der Waals surface area (Å²) >= 11 is 1.60. The molecule has 0 bridgehead atoms. The lowest BCUT2D eigenvalue weighted by Gasteiger charge is -2.07. The minimum atomic E-state index is 0.124. The second-order valence-electron chi connectivity index (χ2n) is 5.12. The number of anilines is 1. The Morgan fingerprint density at radius 2 is 2.28 bits per heavy atom. The molecule has 1 aromatic heterocycles. The predicted octanol–water partition coefficient (Wildman–Crippen LogP) is 4.00. The summed E-state index contributed by atoms with van der Waals surface area (Å²) in [4.78, 5) is 17.3. The van der Waals surface area contributed by atoms with Gasteiger partial charge in [0.2, 0.25) is 5.91 Å². The van der Waals surface area contributed by atoms with Crippen molar-refractivity contribution in [2.45, 2.75) is 58.3 Å². The molecular formula is C14H22N2OS. The van der Waals surface area contributed by atoms with Crippen molar-refractivity contribution in [1.29, 1.82) is 0 Å². The van der Waals surface area contributed by atoms with Crippen LogP contribution in [0, 0.1) is 5.92 Å². The molecule has 0 aromatic carbocycles. The molecule has 4 heteroatoms. The molecular weight excluding hydrogens is 244 g/mol. The first-order valence-corrected chi connectivity index (χ1v) is 7.84. The van der Waals surface area contributed by atoms with Crippen LogP contribution >= 0.6 is 11.3 Å². The fraction of sp³-hybridized carbons (Fsp3) is 0.714. The van der Waals surface area contributed by atoms with E-state index >= 15 is 0 Å². The third kappa shape index (κ3) is 4.09. The number of aryl methyl sites for hydroxylation is 1. The zero-order valence-electron chi connectivity index (χ0n) is 11.1. The summed E-state index contributed by atoms with van der Waals surface area (Å²) in [5, 5.41) is 3.67. The maximum Gasteiger partial charge on any atom is 0.226 e. The van der Waals surface area contributed by atoms with E-state index in [0.717, 1.165) is 30.3 Å². The van der Waals surface area contributed by atoms with Gasteiger partial charge in [-0.2, -0.15) is 0 Å². The van der Waals surface area contributed by atoms with Crippen LogP contribution < -0.4 is 5.32 Å². The number of nitrogens with zero attached hydrogens (tertiary/aromatic N) is 1. The van der Waals surface area contributed by atoms with Gasteiger partial charge in [-0.05, 0) is 18.8 Å². The number of carbonyl (C=O) groups excluding carboxylic acids is 1. The Hall–Kier alpha value is -0.900. The van der Waals surface area contributed by atoms with E-state index in [4.69, 9.17) is 0 Å². The van der Waals surface area contributed by atoms with Crippen molar-refractivity contribution in [2.24, 2.45) is 5.92 Å². The molecule has 1 N–H and O–H groups in total. The maximum atomic E-state index is 11.8. The normalized spacial score (nSPS) is 16.1. The maximum absolute atomic E-state index is 11.8. The zero-order chi connectivity index (χ0) is 12.8. The van der Waals surface area contributed by atoms with Gasteiger partial charge in [0.25, 0.3) is 0 Å². The van der Waals surface area contributed by atoms with Crippen molar-refractivity contribution in [3.05, 3.63) is 11.1 Å². The summed E-state index contributed by atoms with van der Waals surface area (Å²) in [7, 11) is 0. The minimum absolute atomic E-state index is 0.124. The first-order valence-electron chi connectivity index (χ1n) is 7.02. The molecule has 3 nitrogen and oxygen atoms in total. The standard InChI is InChI=1S/C14H22N2OS/c1-2-5-12-10-15-14(18-12)16-13(17)9-8-11-6-3-4-7-11/h10-11H,2-9H2,1H3,(H,15,16,17). The van der Waals surface area contributed by atoms with Gasteiger partial charge in [0.15, 0.2) is 5.13 Å². The molecule has 0 saturated heterocycles. The molecule has 1 aromatic rings. The molecule has 100 valence electrons. The summed E-state index contributed by atoms with van der Waals surface area (Å²) in [6.07, 6.45) is 11.1. The number of hydrogen-bond acceptors (Lipinski definition) is 3. The van der Waals surface area contributed by atoms with E-state index in [1.165, 1.54) is 30.6 Å². The van der Waals surface area contributed by atoms with E-state index in [1.807, 2.05) is 6.20 Å². The molecule has 1 aliphatic rings. The molecule has 0 spiro atoms. The summed E-state index contributed by atoms with van der Waals surface area (Å²) in [6, 6.07) is 0. The fourth-order valence-electron chi connectivity index (χ4n) is 2.54. The van der Waals surface area contributed by atoms with Crippen LogP contribution in [0.4, 0.5) is 5.13 Å². The van der Waals surface area contributed by atoms with Gasteiger partial charge >= 0.3 is 0 Å². The number of carbonyl (C=O) groups is 1. The van der Waals surface area contributed by atoms with Gasteiger partial charge in [0, 0.05) is 17.5 Å². The summed E-state index contributed by atoms with van der Waals surface area (Å²) in [6.45, 7) is 2.15. The van der Waals surface area contributed by atoms with E-state index in [0.29, 0.717) is 6.42 Å². The van der Waals surface area contributed by atoms with Crippen molar-refractivity contribution < 1.29 is 4.79 Å². The van der Waals surface area contributed by atoms with Crippen molar-refractivity contribution in [3.8, 4) is 0 Å². The fourth-order valence-corrected chi connectivity index (χ4v) is 3.47.